The highest BCUT2D eigenvalue weighted by molar-refractivity contribution is 6.74. The monoisotopic (exact) mass is 527 g/mol. The van der Waals surface area contributed by atoms with Gasteiger partial charge in [0, 0.05) is 0 Å². The first-order chi connectivity index (χ1) is 16.0. The quantitative estimate of drug-likeness (QED) is 0.103. The molecule has 2 N–H and O–H groups in total. The van der Waals surface area contributed by atoms with Gasteiger partial charge in [0.2, 0.25) is 0 Å². The van der Waals surface area contributed by atoms with Crippen molar-refractivity contribution < 1.29 is 8.85 Å². The molecule has 0 amide bonds. The average molecular weight is 528 g/mol. The molecule has 0 saturated heterocycles. The fourth-order valence-corrected chi connectivity index (χ4v) is 5.89. The Kier molecular flexibility index (Phi) is 16.8. The molecular weight excluding hydrogens is 463 g/mol. The van der Waals surface area contributed by atoms with E-state index in [4.69, 9.17) is 14.6 Å². The van der Waals surface area contributed by atoms with Crippen LogP contribution in [0.4, 0.5) is 0 Å². The Morgan fingerprint density at radius 1 is 0.686 bits per heavy atom. The van der Waals surface area contributed by atoms with Crippen LogP contribution >= 0.6 is 0 Å². The van der Waals surface area contributed by atoms with Gasteiger partial charge in [0.25, 0.3) is 0 Å². The first-order valence-corrected chi connectivity index (χ1v) is 20.6. The maximum Gasteiger partial charge on any atom is 0.192 e. The highest BCUT2D eigenvalue weighted by Gasteiger charge is 2.41. The number of rotatable bonds is 19. The third kappa shape index (κ3) is 15.2. The van der Waals surface area contributed by atoms with E-state index in [-0.39, 0.29) is 22.2 Å². The molecule has 35 heavy (non-hydrogen) atoms. The van der Waals surface area contributed by atoms with E-state index >= 15 is 0 Å². The number of hydrogen-bond acceptors (Lipinski definition) is 3. The Bertz CT molecular complexity index is 562. The van der Waals surface area contributed by atoms with E-state index < -0.39 is 16.6 Å². The Morgan fingerprint density at radius 2 is 1.11 bits per heavy atom. The molecule has 0 heterocycles. The summed E-state index contributed by atoms with van der Waals surface area (Å²) in [6.45, 7) is 25.8. The van der Waals surface area contributed by atoms with Crippen molar-refractivity contribution in [1.82, 2.24) is 0 Å². The Labute approximate surface area is 223 Å². The van der Waals surface area contributed by atoms with E-state index in [0.29, 0.717) is 6.61 Å². The van der Waals surface area contributed by atoms with Crippen LogP contribution in [0, 0.1) is 0 Å². The minimum atomic E-state index is -1.92. The summed E-state index contributed by atoms with van der Waals surface area (Å²) >= 11 is 0. The van der Waals surface area contributed by atoms with Gasteiger partial charge in [-0.25, -0.2) is 0 Å². The van der Waals surface area contributed by atoms with Crippen LogP contribution in [-0.4, -0.2) is 35.4 Å². The molecule has 0 aliphatic heterocycles. The molecule has 0 aromatic rings. The van der Waals surface area contributed by atoms with Crippen LogP contribution in [-0.2, 0) is 8.85 Å². The van der Waals surface area contributed by atoms with Crippen LogP contribution in [0.1, 0.15) is 126 Å². The zero-order valence-electron chi connectivity index (χ0n) is 25.9. The third-order valence-corrected chi connectivity index (χ3v) is 17.4. The molecule has 210 valence electrons. The molecule has 0 aliphatic rings. The number of allylic oxidation sites excluding steroid dienone is 1. The van der Waals surface area contributed by atoms with Crippen LogP contribution in [0.2, 0.25) is 36.3 Å². The lowest BCUT2D eigenvalue weighted by Crippen LogP contribution is -2.52. The summed E-state index contributed by atoms with van der Waals surface area (Å²) < 4.78 is 13.3. The second-order valence-corrected chi connectivity index (χ2v) is 23.4. The van der Waals surface area contributed by atoms with Crippen LogP contribution in [0.5, 0.6) is 0 Å². The molecule has 5 heteroatoms. The normalized spacial score (nSPS) is 15.7. The van der Waals surface area contributed by atoms with Gasteiger partial charge in [0.1, 0.15) is 0 Å². The van der Waals surface area contributed by atoms with Crippen molar-refractivity contribution in [2.75, 3.05) is 6.61 Å². The van der Waals surface area contributed by atoms with E-state index in [0.717, 1.165) is 6.42 Å². The van der Waals surface area contributed by atoms with Crippen LogP contribution in [0.15, 0.2) is 12.2 Å². The summed E-state index contributed by atoms with van der Waals surface area (Å²) in [7, 11) is -3.75. The second-order valence-electron chi connectivity index (χ2n) is 13.8. The van der Waals surface area contributed by atoms with E-state index in [2.05, 4.69) is 86.8 Å². The van der Waals surface area contributed by atoms with Crippen LogP contribution < -0.4 is 5.73 Å². The minimum absolute atomic E-state index is 0.0756. The van der Waals surface area contributed by atoms with Gasteiger partial charge in [-0.15, -0.1) is 0 Å². The van der Waals surface area contributed by atoms with Gasteiger partial charge in [-0.2, -0.15) is 0 Å². The second kappa shape index (κ2) is 16.8. The molecular formula is C30H65NO2Si2. The standard InChI is InChI=1S/C30H65NO2Si2/c1-12-13-14-15-16-17-18-19-20-21-22-23-24-25-28(33-35(10,11)30(5,6)7)27(31)26-32-34(8,9)29(2,3)4/h24-25,27-28H,12-23,26,31H2,1-11H3/b25-24+/t27-,28+/m0/s1. The maximum absolute atomic E-state index is 6.78. The van der Waals surface area contributed by atoms with Crippen molar-refractivity contribution in [1.29, 1.82) is 0 Å². The Morgan fingerprint density at radius 3 is 1.54 bits per heavy atom. The van der Waals surface area contributed by atoms with Crippen molar-refractivity contribution in [2.45, 2.75) is 174 Å². The first kappa shape index (κ1) is 35.1. The number of nitrogens with two attached hydrogens (primary N) is 1. The molecule has 0 bridgehead atoms. The molecule has 3 nitrogen and oxygen atoms in total. The predicted octanol–water partition coefficient (Wildman–Crippen LogP) is 9.98. The van der Waals surface area contributed by atoms with Gasteiger partial charge in [0.05, 0.1) is 18.8 Å². The minimum Gasteiger partial charge on any atom is -0.415 e. The predicted molar refractivity (Wildman–Crippen MR) is 163 cm³/mol. The van der Waals surface area contributed by atoms with Crippen molar-refractivity contribution in [2.24, 2.45) is 5.73 Å². The molecule has 0 aromatic heterocycles. The SMILES string of the molecule is CCCCCCCCCCCCC/C=C/[C@@H](O[Si](C)(C)C(C)(C)C)[C@@H](N)CO[Si](C)(C)C(C)(C)C. The summed E-state index contributed by atoms with van der Waals surface area (Å²) in [5, 5.41) is 0.350. The molecule has 0 unspecified atom stereocenters. The maximum atomic E-state index is 6.78. The molecule has 0 fully saturated rings. The molecule has 0 spiro atoms. The summed E-state index contributed by atoms with van der Waals surface area (Å²) in [6.07, 6.45) is 20.8. The highest BCUT2D eigenvalue weighted by Crippen LogP contribution is 2.39. The zero-order valence-corrected chi connectivity index (χ0v) is 27.9. The molecule has 0 saturated carbocycles. The number of hydrogen-bond donors (Lipinski definition) is 1. The Balaban J connectivity index is 4.63. The zero-order chi connectivity index (χ0) is 27.2. The van der Waals surface area contributed by atoms with E-state index in [1.54, 1.807) is 0 Å². The first-order valence-electron chi connectivity index (χ1n) is 14.8. The van der Waals surface area contributed by atoms with Crippen LogP contribution in [0.25, 0.3) is 0 Å². The van der Waals surface area contributed by atoms with Gasteiger partial charge >= 0.3 is 0 Å². The summed E-state index contributed by atoms with van der Waals surface area (Å²) in [5.74, 6) is 0. The van der Waals surface area contributed by atoms with E-state index in [1.807, 2.05) is 0 Å². The third-order valence-electron chi connectivity index (χ3n) is 8.40. The average Bonchev–Trinajstić information content (AvgIpc) is 2.72. The molecule has 0 rings (SSSR count). The smallest absolute Gasteiger partial charge is 0.192 e. The van der Waals surface area contributed by atoms with Gasteiger partial charge in [-0.1, -0.05) is 125 Å². The lowest BCUT2D eigenvalue weighted by molar-refractivity contribution is 0.151. The molecule has 0 aromatic carbocycles. The highest BCUT2D eigenvalue weighted by atomic mass is 28.4. The lowest BCUT2D eigenvalue weighted by atomic mass is 10.0. The summed E-state index contributed by atoms with van der Waals surface area (Å²) in [4.78, 5) is 0. The summed E-state index contributed by atoms with van der Waals surface area (Å²) in [6, 6.07) is -0.133. The lowest BCUT2D eigenvalue weighted by Gasteiger charge is -2.41. The van der Waals surface area contributed by atoms with E-state index in [9.17, 15) is 0 Å². The van der Waals surface area contributed by atoms with Crippen molar-refractivity contribution in [3.8, 4) is 0 Å². The van der Waals surface area contributed by atoms with Gasteiger partial charge in [-0.05, 0) is 49.1 Å². The van der Waals surface area contributed by atoms with E-state index in [1.165, 1.54) is 70.6 Å². The van der Waals surface area contributed by atoms with Crippen LogP contribution in [0.3, 0.4) is 0 Å². The van der Waals surface area contributed by atoms with Gasteiger partial charge in [0.15, 0.2) is 16.6 Å². The Hall–Kier alpha value is 0.0538. The topological polar surface area (TPSA) is 44.5 Å². The van der Waals surface area contributed by atoms with Gasteiger partial charge < -0.3 is 14.6 Å². The van der Waals surface area contributed by atoms with Crippen molar-refractivity contribution in [3.05, 3.63) is 12.2 Å². The summed E-state index contributed by atoms with van der Waals surface area (Å²) in [5.41, 5.74) is 6.71. The van der Waals surface area contributed by atoms with Crippen molar-refractivity contribution in [3.63, 3.8) is 0 Å². The number of unbranched alkanes of at least 4 members (excludes halogenated alkanes) is 11. The van der Waals surface area contributed by atoms with Crippen molar-refractivity contribution >= 4 is 16.6 Å². The molecule has 0 radical (unpaired) electrons. The largest absolute Gasteiger partial charge is 0.415 e. The fourth-order valence-electron chi connectivity index (χ4n) is 3.56. The molecule has 0 aliphatic carbocycles. The fraction of sp³-hybridized carbons (Fsp3) is 0.933. The molecule has 2 atom stereocenters. The van der Waals surface area contributed by atoms with Gasteiger partial charge in [-0.3, -0.25) is 0 Å².